The number of hydrogen-bond donors (Lipinski definition) is 3. The van der Waals surface area contributed by atoms with Crippen LogP contribution in [0.15, 0.2) is 15.5 Å². The Morgan fingerprint density at radius 1 is 0.400 bits per heavy atom. The van der Waals surface area contributed by atoms with Gasteiger partial charge < -0.3 is 52.6 Å². The third-order valence-electron chi connectivity index (χ3n) is 5.07. The molecule has 1 heterocycles. The lowest BCUT2D eigenvalue weighted by Crippen LogP contribution is -3.11. The molecule has 30 heavy (non-hydrogen) atoms. The van der Waals surface area contributed by atoms with Crippen molar-refractivity contribution in [2.45, 2.75) is 77.8 Å². The van der Waals surface area contributed by atoms with Gasteiger partial charge in [0.1, 0.15) is 0 Å². The summed E-state index contributed by atoms with van der Waals surface area (Å²) < 4.78 is 0. The van der Waals surface area contributed by atoms with Crippen LogP contribution >= 0.6 is 0 Å². The van der Waals surface area contributed by atoms with E-state index in [0.29, 0.717) is 0 Å². The minimum absolute atomic E-state index is 0.167. The van der Waals surface area contributed by atoms with Gasteiger partial charge in [0, 0.05) is 15.5 Å². The Morgan fingerprint density at radius 3 is 0.600 bits per heavy atom. The molecule has 0 amide bonds. The van der Waals surface area contributed by atoms with E-state index >= 15 is 0 Å². The van der Waals surface area contributed by atoms with Gasteiger partial charge in [0.2, 0.25) is 0 Å². The summed E-state index contributed by atoms with van der Waals surface area (Å²) in [5.74, 6) is 0. The first kappa shape index (κ1) is 34.2. The zero-order valence-electron chi connectivity index (χ0n) is 20.9. The predicted molar refractivity (Wildman–Crippen MR) is 134 cm³/mol. The molecule has 0 unspecified atom stereocenters. The molecule has 0 saturated carbocycles. The van der Waals surface area contributed by atoms with Crippen molar-refractivity contribution in [2.24, 2.45) is 0 Å². The van der Waals surface area contributed by atoms with E-state index < -0.39 is 0 Å². The van der Waals surface area contributed by atoms with Gasteiger partial charge in [0.05, 0.1) is 58.9 Å². The number of rotatable bonds is 9. The zero-order valence-corrected chi connectivity index (χ0v) is 23.4. The van der Waals surface area contributed by atoms with Crippen molar-refractivity contribution in [3.8, 4) is 0 Å². The smallest absolute Gasteiger partial charge is 0.0742 e. The monoisotopic (exact) mass is 480 g/mol. The predicted octanol–water partition coefficient (Wildman–Crippen LogP) is -0.618. The first-order valence-electron chi connectivity index (χ1n) is 11.5. The van der Waals surface area contributed by atoms with E-state index in [9.17, 15) is 0 Å². The third-order valence-corrected chi connectivity index (χ3v) is 5.62. The SMILES string of the molecule is CC[NH+](CC)CC.CC[NH+](CC)CC.CC[NH+](CC)CC.[S-]c1nc([S-])nc([S-])n1. The molecule has 0 aliphatic rings. The van der Waals surface area contributed by atoms with Gasteiger partial charge in [-0.25, -0.2) is 0 Å². The molecule has 0 fully saturated rings. The van der Waals surface area contributed by atoms with Crippen LogP contribution in [0.3, 0.4) is 0 Å². The van der Waals surface area contributed by atoms with E-state index in [2.05, 4.69) is 115 Å². The van der Waals surface area contributed by atoms with Crippen LogP contribution in [-0.4, -0.2) is 73.9 Å². The molecular weight excluding hydrogens is 432 g/mol. The van der Waals surface area contributed by atoms with E-state index in [1.54, 1.807) is 14.7 Å². The lowest BCUT2D eigenvalue weighted by atomic mass is 10.5. The topological polar surface area (TPSA) is 52.0 Å². The van der Waals surface area contributed by atoms with Gasteiger partial charge in [0.15, 0.2) is 0 Å². The standard InChI is InChI=1S/3C6H15N.C3H3N3S3/c3*1-4-7(5-2)6-3;7-1-4-2(8)6-3(9)5-1/h3*4-6H2,1-3H3;(H3,4,5,6,7,8,9). The molecule has 0 aliphatic heterocycles. The molecule has 0 atom stereocenters. The summed E-state index contributed by atoms with van der Waals surface area (Å²) >= 11 is 13.8. The normalized spacial score (nSPS) is 10.0. The lowest BCUT2D eigenvalue weighted by Gasteiger charge is -2.13. The number of quaternary nitrogens is 3. The van der Waals surface area contributed by atoms with Gasteiger partial charge in [-0.1, -0.05) is 0 Å². The minimum Gasteiger partial charge on any atom is -0.740 e. The molecule has 0 saturated heterocycles. The Labute approximate surface area is 203 Å². The fourth-order valence-corrected chi connectivity index (χ4v) is 3.26. The summed E-state index contributed by atoms with van der Waals surface area (Å²) in [5.41, 5.74) is 0. The van der Waals surface area contributed by atoms with Gasteiger partial charge in [0.25, 0.3) is 0 Å². The Balaban J connectivity index is -0.000000327. The quantitative estimate of drug-likeness (QED) is 0.410. The number of hydrogen-bond acceptors (Lipinski definition) is 6. The van der Waals surface area contributed by atoms with Crippen molar-refractivity contribution in [3.63, 3.8) is 0 Å². The van der Waals surface area contributed by atoms with Crippen molar-refractivity contribution in [1.82, 2.24) is 15.0 Å². The van der Waals surface area contributed by atoms with Crippen LogP contribution in [0.25, 0.3) is 0 Å². The van der Waals surface area contributed by atoms with E-state index in [4.69, 9.17) is 0 Å². The Kier molecular flexibility index (Phi) is 28.3. The molecule has 1 rings (SSSR count). The first-order valence-corrected chi connectivity index (χ1v) is 12.7. The molecule has 6 nitrogen and oxygen atoms in total. The summed E-state index contributed by atoms with van der Waals surface area (Å²) in [5, 5.41) is 0.500. The molecular formula is C21H48N6S3. The molecule has 0 radical (unpaired) electrons. The lowest BCUT2D eigenvalue weighted by molar-refractivity contribution is -0.894. The van der Waals surface area contributed by atoms with Crippen LogP contribution in [0.2, 0.25) is 0 Å². The summed E-state index contributed by atoms with van der Waals surface area (Å²) in [6.07, 6.45) is 0. The van der Waals surface area contributed by atoms with Crippen LogP contribution in [0.4, 0.5) is 0 Å². The van der Waals surface area contributed by atoms with Crippen LogP contribution in [0.1, 0.15) is 62.3 Å². The average Bonchev–Trinajstić information content (AvgIpc) is 2.72. The second-order valence-electron chi connectivity index (χ2n) is 6.62. The summed E-state index contributed by atoms with van der Waals surface area (Å²) in [6.45, 7) is 31.5. The van der Waals surface area contributed by atoms with E-state index in [1.807, 2.05) is 0 Å². The van der Waals surface area contributed by atoms with Crippen LogP contribution < -0.4 is 14.7 Å². The summed E-state index contributed by atoms with van der Waals surface area (Å²) in [6, 6.07) is 0. The van der Waals surface area contributed by atoms with Crippen molar-refractivity contribution >= 4 is 37.9 Å². The van der Waals surface area contributed by atoms with Crippen LogP contribution in [0.5, 0.6) is 0 Å². The van der Waals surface area contributed by atoms with Gasteiger partial charge in [-0.05, 0) is 62.3 Å². The Hall–Kier alpha value is -0.450. The molecule has 0 aromatic carbocycles. The van der Waals surface area contributed by atoms with Crippen molar-refractivity contribution in [2.75, 3.05) is 58.9 Å². The molecule has 0 bridgehead atoms. The number of aromatic nitrogens is 3. The van der Waals surface area contributed by atoms with E-state index in [1.165, 1.54) is 58.9 Å². The fourth-order valence-electron chi connectivity index (χ4n) is 2.57. The van der Waals surface area contributed by atoms with Crippen LogP contribution in [-0.2, 0) is 37.9 Å². The highest BCUT2D eigenvalue weighted by atomic mass is 32.1. The van der Waals surface area contributed by atoms with Crippen LogP contribution in [0, 0.1) is 0 Å². The number of nitrogens with one attached hydrogen (secondary N) is 3. The molecule has 3 N–H and O–H groups in total. The van der Waals surface area contributed by atoms with E-state index in [0.717, 1.165) is 0 Å². The summed E-state index contributed by atoms with van der Waals surface area (Å²) in [7, 11) is 0. The molecule has 1 aromatic heterocycles. The van der Waals surface area contributed by atoms with Gasteiger partial charge in [-0.2, -0.15) is 0 Å². The minimum atomic E-state index is 0.167. The van der Waals surface area contributed by atoms with E-state index in [-0.39, 0.29) is 15.5 Å². The fraction of sp³-hybridized carbons (Fsp3) is 0.857. The first-order chi connectivity index (χ1) is 14.2. The zero-order chi connectivity index (χ0) is 23.9. The van der Waals surface area contributed by atoms with Gasteiger partial charge in [-0.3, -0.25) is 15.0 Å². The highest BCUT2D eigenvalue weighted by Gasteiger charge is 1.94. The molecule has 9 heteroatoms. The maximum atomic E-state index is 4.59. The highest BCUT2D eigenvalue weighted by Crippen LogP contribution is 1.91. The molecule has 1 aromatic rings. The second-order valence-corrected chi connectivity index (χ2v) is 7.71. The van der Waals surface area contributed by atoms with Crippen molar-refractivity contribution in [1.29, 1.82) is 0 Å². The van der Waals surface area contributed by atoms with Gasteiger partial charge in [-0.15, -0.1) is 0 Å². The van der Waals surface area contributed by atoms with Crippen molar-refractivity contribution in [3.05, 3.63) is 0 Å². The second kappa shape index (κ2) is 24.8. The summed E-state index contributed by atoms with van der Waals surface area (Å²) in [4.78, 5) is 15.8. The van der Waals surface area contributed by atoms with Gasteiger partial charge >= 0.3 is 0 Å². The maximum absolute atomic E-state index is 4.59. The highest BCUT2D eigenvalue weighted by molar-refractivity contribution is 7.59. The molecule has 0 aliphatic carbocycles. The molecule has 180 valence electrons. The Morgan fingerprint density at radius 2 is 0.533 bits per heavy atom. The largest absolute Gasteiger partial charge is 0.740 e. The maximum Gasteiger partial charge on any atom is 0.0742 e. The average molecular weight is 481 g/mol. The third kappa shape index (κ3) is 22.2. The van der Waals surface area contributed by atoms with Crippen molar-refractivity contribution < 1.29 is 14.7 Å². The Bertz CT molecular complexity index is 373. The molecule has 0 spiro atoms. The number of nitrogens with zero attached hydrogens (tertiary/aromatic N) is 3.